The Balaban J connectivity index is 2.46. The van der Waals surface area contributed by atoms with Crippen molar-refractivity contribution in [1.82, 2.24) is 10.2 Å². The van der Waals surface area contributed by atoms with Crippen LogP contribution in [0.15, 0.2) is 18.2 Å². The van der Waals surface area contributed by atoms with Gasteiger partial charge in [-0.3, -0.25) is 0 Å². The molecule has 0 aromatic heterocycles. The monoisotopic (exact) mass is 224 g/mol. The molecular weight excluding hydrogens is 204 g/mol. The van der Waals surface area contributed by atoms with E-state index in [9.17, 15) is 5.11 Å². The van der Waals surface area contributed by atoms with Gasteiger partial charge in [-0.05, 0) is 39.7 Å². The third-order valence-corrected chi connectivity index (χ3v) is 2.48. The Morgan fingerprint density at radius 2 is 2.06 bits per heavy atom. The van der Waals surface area contributed by atoms with Crippen LogP contribution in [0.25, 0.3) is 0 Å². The molecule has 0 unspecified atom stereocenters. The highest BCUT2D eigenvalue weighted by atomic mass is 16.3. The first-order valence-electron chi connectivity index (χ1n) is 5.47. The van der Waals surface area contributed by atoms with Gasteiger partial charge in [0.25, 0.3) is 0 Å². The Morgan fingerprint density at radius 3 is 2.69 bits per heavy atom. The van der Waals surface area contributed by atoms with Gasteiger partial charge in [0.1, 0.15) is 11.5 Å². The summed E-state index contributed by atoms with van der Waals surface area (Å²) in [6.45, 7) is 2.66. The second-order valence-electron chi connectivity index (χ2n) is 4.01. The summed E-state index contributed by atoms with van der Waals surface area (Å²) in [4.78, 5) is 2.14. The lowest BCUT2D eigenvalue weighted by molar-refractivity contribution is 0.314. The molecule has 0 spiro atoms. The first-order chi connectivity index (χ1) is 7.63. The van der Waals surface area contributed by atoms with Crippen LogP contribution in [-0.2, 0) is 6.54 Å². The van der Waals surface area contributed by atoms with Crippen molar-refractivity contribution in [2.24, 2.45) is 0 Å². The van der Waals surface area contributed by atoms with Crippen molar-refractivity contribution in [2.45, 2.75) is 13.0 Å². The summed E-state index contributed by atoms with van der Waals surface area (Å²) in [6, 6.07) is 4.71. The van der Waals surface area contributed by atoms with Crippen molar-refractivity contribution < 1.29 is 10.2 Å². The standard InChI is InChI=1S/C12H20N2O2/c1-13-6-3-7-14(2)9-10-4-5-11(15)8-12(10)16/h4-5,8,13,15-16H,3,6-7,9H2,1-2H3. The van der Waals surface area contributed by atoms with E-state index in [1.807, 2.05) is 14.1 Å². The van der Waals surface area contributed by atoms with Crippen molar-refractivity contribution >= 4 is 0 Å². The third kappa shape index (κ3) is 4.08. The van der Waals surface area contributed by atoms with Crippen LogP contribution in [0.3, 0.4) is 0 Å². The molecule has 4 heteroatoms. The van der Waals surface area contributed by atoms with Gasteiger partial charge in [0, 0.05) is 18.2 Å². The van der Waals surface area contributed by atoms with Crippen molar-refractivity contribution in [3.63, 3.8) is 0 Å². The minimum absolute atomic E-state index is 0.0964. The van der Waals surface area contributed by atoms with E-state index in [0.29, 0.717) is 6.54 Å². The van der Waals surface area contributed by atoms with E-state index in [2.05, 4.69) is 10.2 Å². The van der Waals surface area contributed by atoms with E-state index in [-0.39, 0.29) is 11.5 Å². The van der Waals surface area contributed by atoms with Crippen LogP contribution in [0.2, 0.25) is 0 Å². The zero-order valence-corrected chi connectivity index (χ0v) is 9.90. The van der Waals surface area contributed by atoms with E-state index in [1.54, 1.807) is 12.1 Å². The molecular formula is C12H20N2O2. The molecule has 0 aliphatic heterocycles. The summed E-state index contributed by atoms with van der Waals surface area (Å²) in [5.41, 5.74) is 0.838. The molecule has 3 N–H and O–H groups in total. The highest BCUT2D eigenvalue weighted by molar-refractivity contribution is 5.38. The second-order valence-corrected chi connectivity index (χ2v) is 4.01. The molecule has 0 fully saturated rings. The lowest BCUT2D eigenvalue weighted by atomic mass is 10.2. The number of hydrogen-bond acceptors (Lipinski definition) is 4. The van der Waals surface area contributed by atoms with Gasteiger partial charge in [-0.1, -0.05) is 6.07 Å². The Labute approximate surface area is 96.5 Å². The van der Waals surface area contributed by atoms with E-state index < -0.39 is 0 Å². The average molecular weight is 224 g/mol. The number of rotatable bonds is 6. The number of nitrogens with one attached hydrogen (secondary N) is 1. The van der Waals surface area contributed by atoms with Gasteiger partial charge >= 0.3 is 0 Å². The van der Waals surface area contributed by atoms with E-state index in [0.717, 1.165) is 25.1 Å². The summed E-state index contributed by atoms with van der Waals surface area (Å²) in [7, 11) is 3.95. The average Bonchev–Trinajstić information content (AvgIpc) is 2.23. The van der Waals surface area contributed by atoms with Crippen molar-refractivity contribution in [1.29, 1.82) is 0 Å². The van der Waals surface area contributed by atoms with Crippen LogP contribution in [0.1, 0.15) is 12.0 Å². The number of hydrogen-bond donors (Lipinski definition) is 3. The maximum Gasteiger partial charge on any atom is 0.123 e. The molecule has 0 bridgehead atoms. The van der Waals surface area contributed by atoms with E-state index in [4.69, 9.17) is 5.11 Å². The summed E-state index contributed by atoms with van der Waals surface area (Å²) in [5, 5.41) is 21.9. The summed E-state index contributed by atoms with van der Waals surface area (Å²) in [6.07, 6.45) is 1.08. The van der Waals surface area contributed by atoms with Crippen LogP contribution in [0.5, 0.6) is 11.5 Å². The van der Waals surface area contributed by atoms with Crippen LogP contribution in [-0.4, -0.2) is 42.3 Å². The molecule has 0 saturated carbocycles. The molecule has 0 radical (unpaired) electrons. The van der Waals surface area contributed by atoms with Gasteiger partial charge in [-0.25, -0.2) is 0 Å². The lowest BCUT2D eigenvalue weighted by Crippen LogP contribution is -2.22. The lowest BCUT2D eigenvalue weighted by Gasteiger charge is -2.17. The number of aromatic hydroxyl groups is 2. The van der Waals surface area contributed by atoms with Crippen molar-refractivity contribution in [3.8, 4) is 11.5 Å². The summed E-state index contributed by atoms with van der Waals surface area (Å²) >= 11 is 0. The van der Waals surface area contributed by atoms with Gasteiger partial charge < -0.3 is 20.4 Å². The molecule has 16 heavy (non-hydrogen) atoms. The predicted molar refractivity (Wildman–Crippen MR) is 64.6 cm³/mol. The zero-order valence-electron chi connectivity index (χ0n) is 9.90. The number of phenols is 2. The normalized spacial score (nSPS) is 10.9. The molecule has 4 nitrogen and oxygen atoms in total. The van der Waals surface area contributed by atoms with E-state index in [1.165, 1.54) is 6.07 Å². The highest BCUT2D eigenvalue weighted by Crippen LogP contribution is 2.23. The maximum atomic E-state index is 9.61. The topological polar surface area (TPSA) is 55.7 Å². The van der Waals surface area contributed by atoms with Gasteiger partial charge in [-0.2, -0.15) is 0 Å². The summed E-state index contributed by atoms with van der Waals surface area (Å²) in [5.74, 6) is 0.250. The Bertz CT molecular complexity index is 329. The number of benzene rings is 1. The van der Waals surface area contributed by atoms with Crippen LogP contribution < -0.4 is 5.32 Å². The molecule has 1 aromatic carbocycles. The fourth-order valence-corrected chi connectivity index (χ4v) is 1.58. The van der Waals surface area contributed by atoms with E-state index >= 15 is 0 Å². The quantitative estimate of drug-likeness (QED) is 0.634. The minimum atomic E-state index is 0.0964. The molecule has 0 aliphatic rings. The van der Waals surface area contributed by atoms with Crippen molar-refractivity contribution in [2.75, 3.05) is 27.2 Å². The fraction of sp³-hybridized carbons (Fsp3) is 0.500. The number of phenolic OH excluding ortho intramolecular Hbond substituents is 2. The van der Waals surface area contributed by atoms with Crippen LogP contribution in [0, 0.1) is 0 Å². The molecule has 1 rings (SSSR count). The molecule has 90 valence electrons. The fourth-order valence-electron chi connectivity index (χ4n) is 1.58. The molecule has 0 saturated heterocycles. The SMILES string of the molecule is CNCCCN(C)Cc1ccc(O)cc1O. The largest absolute Gasteiger partial charge is 0.508 e. The van der Waals surface area contributed by atoms with Gasteiger partial charge in [0.2, 0.25) is 0 Å². The molecule has 0 aliphatic carbocycles. The predicted octanol–water partition coefficient (Wildman–Crippen LogP) is 1.14. The molecule has 0 heterocycles. The smallest absolute Gasteiger partial charge is 0.123 e. The molecule has 0 amide bonds. The highest BCUT2D eigenvalue weighted by Gasteiger charge is 2.05. The third-order valence-electron chi connectivity index (χ3n) is 2.48. The Kier molecular flexibility index (Phi) is 5.08. The van der Waals surface area contributed by atoms with Crippen LogP contribution in [0.4, 0.5) is 0 Å². The molecule has 0 atom stereocenters. The Hall–Kier alpha value is -1.26. The van der Waals surface area contributed by atoms with Gasteiger partial charge in [0.15, 0.2) is 0 Å². The zero-order chi connectivity index (χ0) is 12.0. The molecule has 1 aromatic rings. The number of nitrogens with zero attached hydrogens (tertiary/aromatic N) is 1. The van der Waals surface area contributed by atoms with Crippen LogP contribution >= 0.6 is 0 Å². The Morgan fingerprint density at radius 1 is 1.31 bits per heavy atom. The maximum absolute atomic E-state index is 9.61. The first-order valence-corrected chi connectivity index (χ1v) is 5.47. The summed E-state index contributed by atoms with van der Waals surface area (Å²) < 4.78 is 0. The minimum Gasteiger partial charge on any atom is -0.508 e. The second kappa shape index (κ2) is 6.35. The van der Waals surface area contributed by atoms with Crippen molar-refractivity contribution in [3.05, 3.63) is 23.8 Å². The first kappa shape index (κ1) is 12.8. The van der Waals surface area contributed by atoms with Gasteiger partial charge in [0.05, 0.1) is 0 Å². The van der Waals surface area contributed by atoms with Gasteiger partial charge in [-0.15, -0.1) is 0 Å².